The predicted molar refractivity (Wildman–Crippen MR) is 77.1 cm³/mol. The maximum atomic E-state index is 12.6. The lowest BCUT2D eigenvalue weighted by molar-refractivity contribution is -0.141. The highest BCUT2D eigenvalue weighted by atomic mass is 35.5. The van der Waals surface area contributed by atoms with Crippen molar-refractivity contribution in [3.8, 4) is 11.1 Å². The van der Waals surface area contributed by atoms with Crippen molar-refractivity contribution in [2.45, 2.75) is 6.18 Å². The van der Waals surface area contributed by atoms with Gasteiger partial charge in [-0.2, -0.15) is 13.2 Å². The van der Waals surface area contributed by atoms with E-state index in [0.717, 1.165) is 6.07 Å². The van der Waals surface area contributed by atoms with Crippen LogP contribution in [0.3, 0.4) is 0 Å². The molecular weight excluding hydrogens is 354 g/mol. The first-order chi connectivity index (χ1) is 9.20. The van der Waals surface area contributed by atoms with E-state index in [0.29, 0.717) is 11.1 Å². The zero-order chi connectivity index (χ0) is 15.1. The monoisotopic (exact) mass is 357 g/mol. The molecule has 0 aliphatic heterocycles. The Morgan fingerprint density at radius 1 is 0.900 bits per heavy atom. The van der Waals surface area contributed by atoms with Crippen LogP contribution >= 0.6 is 47.0 Å². The van der Waals surface area contributed by atoms with Crippen LogP contribution in [0.4, 0.5) is 13.2 Å². The fourth-order valence-electron chi connectivity index (χ4n) is 1.58. The number of rotatable bonds is 1. The van der Waals surface area contributed by atoms with Crippen molar-refractivity contribution >= 4 is 47.0 Å². The van der Waals surface area contributed by atoms with Crippen LogP contribution in [-0.2, 0) is 6.18 Å². The summed E-state index contributed by atoms with van der Waals surface area (Å²) in [5, 5.41) is 0.737. The lowest BCUT2D eigenvalue weighted by Gasteiger charge is -2.10. The molecule has 2 aromatic rings. The first kappa shape index (κ1) is 15.6. The van der Waals surface area contributed by atoms with Gasteiger partial charge in [0.15, 0.2) is 0 Å². The van der Waals surface area contributed by atoms with E-state index >= 15 is 0 Å². The van der Waals surface area contributed by atoms with E-state index in [1.165, 1.54) is 18.2 Å². The lowest BCUT2D eigenvalue weighted by Crippen LogP contribution is -2.07. The van der Waals surface area contributed by atoms with Crippen LogP contribution in [-0.4, -0.2) is 4.98 Å². The molecule has 1 aromatic carbocycles. The second-order valence-corrected chi connectivity index (χ2v) is 5.49. The summed E-state index contributed by atoms with van der Waals surface area (Å²) in [4.78, 5) is 2.13. The molecule has 0 fully saturated rings. The number of pyridine rings is 1. The third-order valence-electron chi connectivity index (χ3n) is 2.52. The first-order valence-corrected chi connectivity index (χ1v) is 6.70. The summed E-state index contributed by atoms with van der Waals surface area (Å²) in [6.45, 7) is 0. The first-order valence-electron chi connectivity index (χ1n) is 5.15. The fourth-order valence-corrected chi connectivity index (χ4v) is 2.52. The number of benzene rings is 1. The number of hydrogen-bond donors (Lipinski definition) is 1. The second-order valence-electron chi connectivity index (χ2n) is 3.86. The van der Waals surface area contributed by atoms with E-state index in [1.807, 2.05) is 0 Å². The van der Waals surface area contributed by atoms with E-state index in [4.69, 9.17) is 47.0 Å². The molecule has 0 amide bonds. The van der Waals surface area contributed by atoms with Crippen molar-refractivity contribution in [1.82, 2.24) is 4.98 Å². The standard InChI is InChI=1S/C12H5Cl3F3NS/c13-7-4-9(15)8(14)3-6(7)5-1-2-10(12(16,17)18)19-11(5)20/h1-4H,(H,19,20). The lowest BCUT2D eigenvalue weighted by atomic mass is 10.1. The molecule has 1 nitrogen and oxygen atoms in total. The smallest absolute Gasteiger partial charge is 0.342 e. The molecule has 1 N–H and O–H groups in total. The van der Waals surface area contributed by atoms with Gasteiger partial charge in [-0.25, -0.2) is 0 Å². The summed E-state index contributed by atoms with van der Waals surface area (Å²) in [6, 6.07) is 5.00. The number of nitrogens with one attached hydrogen (secondary N) is 1. The Bertz CT molecular complexity index is 725. The largest absolute Gasteiger partial charge is 0.431 e. The molecule has 0 saturated carbocycles. The third-order valence-corrected chi connectivity index (χ3v) is 3.87. The summed E-state index contributed by atoms with van der Waals surface area (Å²) in [5.74, 6) is 0. The van der Waals surface area contributed by atoms with Crippen molar-refractivity contribution in [2.75, 3.05) is 0 Å². The van der Waals surface area contributed by atoms with Crippen LogP contribution in [0, 0.1) is 4.64 Å². The molecule has 0 atom stereocenters. The summed E-state index contributed by atoms with van der Waals surface area (Å²) in [5.41, 5.74) is -0.171. The minimum atomic E-state index is -4.49. The quantitative estimate of drug-likeness (QED) is 0.461. The van der Waals surface area contributed by atoms with Crippen LogP contribution in [0.15, 0.2) is 24.3 Å². The minimum absolute atomic E-state index is 0.0832. The van der Waals surface area contributed by atoms with Crippen molar-refractivity contribution in [3.63, 3.8) is 0 Å². The average Bonchev–Trinajstić information content (AvgIpc) is 2.33. The molecule has 0 unspecified atom stereocenters. The Morgan fingerprint density at radius 2 is 1.50 bits per heavy atom. The zero-order valence-corrected chi connectivity index (χ0v) is 12.6. The topological polar surface area (TPSA) is 15.8 Å². The number of aromatic amines is 1. The molecule has 20 heavy (non-hydrogen) atoms. The molecule has 0 bridgehead atoms. The van der Waals surface area contributed by atoms with Crippen molar-refractivity contribution in [3.05, 3.63) is 49.7 Å². The Labute approximate surface area is 132 Å². The summed E-state index contributed by atoms with van der Waals surface area (Å²) in [6.07, 6.45) is -4.49. The van der Waals surface area contributed by atoms with Gasteiger partial charge in [-0.05, 0) is 24.3 Å². The number of halogens is 6. The van der Waals surface area contributed by atoms with Gasteiger partial charge in [0.2, 0.25) is 0 Å². The van der Waals surface area contributed by atoms with Gasteiger partial charge in [0.25, 0.3) is 0 Å². The van der Waals surface area contributed by atoms with E-state index in [2.05, 4.69) is 4.98 Å². The molecule has 0 spiro atoms. The summed E-state index contributed by atoms with van der Waals surface area (Å²) < 4.78 is 37.6. The van der Waals surface area contributed by atoms with Gasteiger partial charge in [0, 0.05) is 11.1 Å². The molecule has 106 valence electrons. The van der Waals surface area contributed by atoms with Gasteiger partial charge in [-0.15, -0.1) is 0 Å². The van der Waals surface area contributed by atoms with Gasteiger partial charge in [-0.3, -0.25) is 0 Å². The zero-order valence-electron chi connectivity index (χ0n) is 9.49. The Hall–Kier alpha value is -0.750. The maximum absolute atomic E-state index is 12.6. The van der Waals surface area contributed by atoms with E-state index in [1.54, 1.807) is 0 Å². The van der Waals surface area contributed by atoms with Crippen molar-refractivity contribution in [1.29, 1.82) is 0 Å². The minimum Gasteiger partial charge on any atom is -0.342 e. The van der Waals surface area contributed by atoms with Gasteiger partial charge in [0.1, 0.15) is 10.3 Å². The van der Waals surface area contributed by atoms with E-state index in [9.17, 15) is 13.2 Å². The molecule has 8 heteroatoms. The molecule has 1 heterocycles. The Kier molecular flexibility index (Phi) is 4.35. The summed E-state index contributed by atoms with van der Waals surface area (Å²) >= 11 is 22.6. The van der Waals surface area contributed by atoms with E-state index in [-0.39, 0.29) is 19.7 Å². The van der Waals surface area contributed by atoms with E-state index < -0.39 is 11.9 Å². The predicted octanol–water partition coefficient (Wildman–Crippen LogP) is 6.39. The fraction of sp³-hybridized carbons (Fsp3) is 0.0833. The second kappa shape index (κ2) is 5.56. The summed E-state index contributed by atoms with van der Waals surface area (Å²) in [7, 11) is 0. The molecular formula is C12H5Cl3F3NS. The molecule has 0 radical (unpaired) electrons. The van der Waals surface area contributed by atoms with Crippen LogP contribution in [0.1, 0.15) is 5.69 Å². The molecule has 0 aliphatic carbocycles. The van der Waals surface area contributed by atoms with Crippen LogP contribution in [0.2, 0.25) is 15.1 Å². The highest BCUT2D eigenvalue weighted by Crippen LogP contribution is 2.36. The number of H-pyrrole nitrogens is 1. The van der Waals surface area contributed by atoms with Crippen LogP contribution in [0.25, 0.3) is 11.1 Å². The van der Waals surface area contributed by atoms with Crippen molar-refractivity contribution < 1.29 is 13.2 Å². The van der Waals surface area contributed by atoms with Crippen LogP contribution in [0.5, 0.6) is 0 Å². The number of alkyl halides is 3. The molecule has 2 rings (SSSR count). The SMILES string of the molecule is FC(F)(F)c1ccc(-c2cc(Cl)c(Cl)cc2Cl)c(=S)[nH]1. The average molecular weight is 359 g/mol. The molecule has 0 aliphatic rings. The Balaban J connectivity index is 2.61. The molecule has 0 saturated heterocycles. The van der Waals surface area contributed by atoms with Gasteiger partial charge in [-0.1, -0.05) is 47.0 Å². The van der Waals surface area contributed by atoms with Gasteiger partial charge >= 0.3 is 6.18 Å². The highest BCUT2D eigenvalue weighted by molar-refractivity contribution is 7.71. The normalized spacial score (nSPS) is 11.7. The van der Waals surface area contributed by atoms with Crippen molar-refractivity contribution in [2.24, 2.45) is 0 Å². The third kappa shape index (κ3) is 3.11. The number of hydrogen-bond acceptors (Lipinski definition) is 1. The Morgan fingerprint density at radius 3 is 2.05 bits per heavy atom. The van der Waals surface area contributed by atoms with Gasteiger partial charge in [0.05, 0.1) is 15.1 Å². The maximum Gasteiger partial charge on any atom is 0.431 e. The van der Waals surface area contributed by atoms with Crippen LogP contribution < -0.4 is 0 Å². The van der Waals surface area contributed by atoms with Gasteiger partial charge < -0.3 is 4.98 Å². The number of aromatic nitrogens is 1. The molecule has 1 aromatic heterocycles. The highest BCUT2D eigenvalue weighted by Gasteiger charge is 2.31.